The summed E-state index contributed by atoms with van der Waals surface area (Å²) in [4.78, 5) is 22.3. The van der Waals surface area contributed by atoms with Crippen molar-refractivity contribution in [2.75, 3.05) is 6.61 Å². The van der Waals surface area contributed by atoms with Crippen molar-refractivity contribution in [1.82, 2.24) is 0 Å². The standard InChI is InChI=1S/C10H12O4/c11-7(12)4-10-3-6-1-2-9(6,10)5-14-8(10)13/h6H,1-5H2,(H,11,12)/t6?,9-,10+/m0/s1. The minimum Gasteiger partial charge on any atom is -0.481 e. The summed E-state index contributed by atoms with van der Waals surface area (Å²) in [6.45, 7) is 0.462. The molecule has 3 atom stereocenters. The van der Waals surface area contributed by atoms with E-state index in [4.69, 9.17) is 9.84 Å². The van der Waals surface area contributed by atoms with E-state index in [1.165, 1.54) is 0 Å². The molecule has 3 fully saturated rings. The highest BCUT2D eigenvalue weighted by Crippen LogP contribution is 2.75. The van der Waals surface area contributed by atoms with Crippen LogP contribution >= 0.6 is 0 Å². The van der Waals surface area contributed by atoms with Crippen LogP contribution in [0.25, 0.3) is 0 Å². The van der Waals surface area contributed by atoms with Crippen LogP contribution in [0.5, 0.6) is 0 Å². The lowest BCUT2D eigenvalue weighted by atomic mass is 9.35. The number of carbonyl (C=O) groups excluding carboxylic acids is 1. The topological polar surface area (TPSA) is 63.6 Å². The maximum absolute atomic E-state index is 11.6. The van der Waals surface area contributed by atoms with Gasteiger partial charge in [-0.15, -0.1) is 0 Å². The van der Waals surface area contributed by atoms with Gasteiger partial charge in [0.25, 0.3) is 0 Å². The highest BCUT2D eigenvalue weighted by Gasteiger charge is 2.77. The van der Waals surface area contributed by atoms with Crippen LogP contribution in [0.2, 0.25) is 0 Å². The van der Waals surface area contributed by atoms with E-state index < -0.39 is 11.4 Å². The molecule has 0 radical (unpaired) electrons. The second-order valence-corrected chi connectivity index (χ2v) is 4.82. The van der Waals surface area contributed by atoms with Gasteiger partial charge in [0.05, 0.1) is 18.4 Å². The van der Waals surface area contributed by atoms with Crippen molar-refractivity contribution < 1.29 is 19.4 Å². The van der Waals surface area contributed by atoms with Crippen molar-refractivity contribution in [3.8, 4) is 0 Å². The van der Waals surface area contributed by atoms with Crippen molar-refractivity contribution in [3.05, 3.63) is 0 Å². The summed E-state index contributed by atoms with van der Waals surface area (Å²) in [5.41, 5.74) is -0.732. The highest BCUT2D eigenvalue weighted by molar-refractivity contribution is 5.87. The molecule has 0 bridgehead atoms. The fourth-order valence-corrected chi connectivity index (χ4v) is 3.64. The van der Waals surface area contributed by atoms with Crippen LogP contribution in [0.1, 0.15) is 25.7 Å². The molecule has 1 heterocycles. The van der Waals surface area contributed by atoms with Crippen LogP contribution < -0.4 is 0 Å². The number of carbonyl (C=O) groups is 2. The summed E-state index contributed by atoms with van der Waals surface area (Å²) in [7, 11) is 0. The maximum Gasteiger partial charge on any atom is 0.313 e. The quantitative estimate of drug-likeness (QED) is 0.663. The number of carboxylic acid groups (broad SMARTS) is 1. The largest absolute Gasteiger partial charge is 0.481 e. The number of rotatable bonds is 2. The molecule has 2 aliphatic carbocycles. The van der Waals surface area contributed by atoms with Crippen molar-refractivity contribution in [1.29, 1.82) is 0 Å². The third-order valence-electron chi connectivity index (χ3n) is 4.57. The van der Waals surface area contributed by atoms with Crippen molar-refractivity contribution in [2.24, 2.45) is 16.7 Å². The zero-order valence-corrected chi connectivity index (χ0v) is 7.78. The van der Waals surface area contributed by atoms with Crippen LogP contribution in [0.4, 0.5) is 0 Å². The van der Waals surface area contributed by atoms with Crippen molar-refractivity contribution in [2.45, 2.75) is 25.7 Å². The summed E-state index contributed by atoms with van der Waals surface area (Å²) in [5.74, 6) is -0.599. The first-order chi connectivity index (χ1) is 6.61. The predicted octanol–water partition coefficient (Wildman–Crippen LogP) is 0.804. The second-order valence-electron chi connectivity index (χ2n) is 4.82. The third kappa shape index (κ3) is 0.615. The Morgan fingerprint density at radius 1 is 1.64 bits per heavy atom. The average molecular weight is 196 g/mol. The van der Waals surface area contributed by atoms with E-state index in [1.54, 1.807) is 0 Å². The number of aliphatic carboxylic acids is 1. The number of esters is 1. The van der Waals surface area contributed by atoms with E-state index in [0.29, 0.717) is 12.5 Å². The summed E-state index contributed by atoms with van der Waals surface area (Å²) < 4.78 is 5.07. The summed E-state index contributed by atoms with van der Waals surface area (Å²) >= 11 is 0. The number of hydrogen-bond donors (Lipinski definition) is 1. The van der Waals surface area contributed by atoms with Gasteiger partial charge in [-0.3, -0.25) is 9.59 Å². The zero-order valence-electron chi connectivity index (χ0n) is 7.78. The smallest absolute Gasteiger partial charge is 0.313 e. The van der Waals surface area contributed by atoms with Crippen LogP contribution in [-0.2, 0) is 14.3 Å². The lowest BCUT2D eigenvalue weighted by Crippen LogP contribution is -2.65. The lowest BCUT2D eigenvalue weighted by molar-refractivity contribution is -0.198. The van der Waals surface area contributed by atoms with Gasteiger partial charge in [-0.1, -0.05) is 0 Å². The summed E-state index contributed by atoms with van der Waals surface area (Å²) in [5, 5.41) is 8.83. The Balaban J connectivity index is 1.96. The van der Waals surface area contributed by atoms with E-state index in [1.807, 2.05) is 0 Å². The van der Waals surface area contributed by atoms with Gasteiger partial charge in [0, 0.05) is 5.41 Å². The van der Waals surface area contributed by atoms with Gasteiger partial charge in [0.2, 0.25) is 0 Å². The van der Waals surface area contributed by atoms with Gasteiger partial charge in [0.1, 0.15) is 0 Å². The average Bonchev–Trinajstić information content (AvgIpc) is 2.35. The van der Waals surface area contributed by atoms with Gasteiger partial charge < -0.3 is 9.84 Å². The normalized spacial score (nSPS) is 48.3. The third-order valence-corrected chi connectivity index (χ3v) is 4.57. The SMILES string of the molecule is O=C(O)C[C@@]12CC3CC[C@]31COC2=O. The molecule has 14 heavy (non-hydrogen) atoms. The van der Waals surface area contributed by atoms with Crippen LogP contribution in [0.3, 0.4) is 0 Å². The Morgan fingerprint density at radius 2 is 2.43 bits per heavy atom. The molecule has 1 spiro atoms. The Hall–Kier alpha value is -1.06. The molecule has 76 valence electrons. The number of carboxylic acids is 1. The van der Waals surface area contributed by atoms with Crippen LogP contribution in [0.15, 0.2) is 0 Å². The highest BCUT2D eigenvalue weighted by atomic mass is 16.5. The maximum atomic E-state index is 11.6. The molecular formula is C10H12O4. The minimum atomic E-state index is -0.881. The van der Waals surface area contributed by atoms with Gasteiger partial charge in [-0.2, -0.15) is 0 Å². The Bertz CT molecular complexity index is 337. The van der Waals surface area contributed by atoms with Crippen molar-refractivity contribution in [3.63, 3.8) is 0 Å². The lowest BCUT2D eigenvalue weighted by Gasteiger charge is -2.64. The van der Waals surface area contributed by atoms with Gasteiger partial charge in [-0.05, 0) is 25.2 Å². The molecule has 3 rings (SSSR count). The molecule has 1 N–H and O–H groups in total. The van der Waals surface area contributed by atoms with Gasteiger partial charge >= 0.3 is 11.9 Å². The zero-order chi connectivity index (χ0) is 9.97. The van der Waals surface area contributed by atoms with Gasteiger partial charge in [-0.25, -0.2) is 0 Å². The first-order valence-corrected chi connectivity index (χ1v) is 5.00. The molecule has 4 heteroatoms. The molecule has 1 unspecified atom stereocenters. The monoisotopic (exact) mass is 196 g/mol. The fourth-order valence-electron chi connectivity index (χ4n) is 3.64. The summed E-state index contributed by atoms with van der Waals surface area (Å²) in [6.07, 6.45) is 2.80. The number of hydrogen-bond acceptors (Lipinski definition) is 3. The number of cyclic esters (lactones) is 1. The Morgan fingerprint density at radius 3 is 2.93 bits per heavy atom. The number of ether oxygens (including phenoxy) is 1. The molecule has 1 saturated heterocycles. The molecular weight excluding hydrogens is 184 g/mol. The van der Waals surface area contributed by atoms with E-state index in [0.717, 1.165) is 19.3 Å². The van der Waals surface area contributed by atoms with Gasteiger partial charge in [0.15, 0.2) is 0 Å². The fraction of sp³-hybridized carbons (Fsp3) is 0.800. The molecule has 1 aliphatic heterocycles. The minimum absolute atomic E-state index is 0.0394. The van der Waals surface area contributed by atoms with E-state index in [2.05, 4.69) is 0 Å². The van der Waals surface area contributed by atoms with E-state index in [9.17, 15) is 9.59 Å². The van der Waals surface area contributed by atoms with E-state index >= 15 is 0 Å². The Labute approximate surface area is 81.2 Å². The second kappa shape index (κ2) is 2.12. The first kappa shape index (κ1) is 8.26. The Kier molecular flexibility index (Phi) is 1.25. The molecule has 0 aromatic heterocycles. The predicted molar refractivity (Wildman–Crippen MR) is 45.4 cm³/mol. The molecule has 2 saturated carbocycles. The van der Waals surface area contributed by atoms with Crippen LogP contribution in [0, 0.1) is 16.7 Å². The molecule has 4 nitrogen and oxygen atoms in total. The van der Waals surface area contributed by atoms with E-state index in [-0.39, 0.29) is 17.8 Å². The molecule has 3 aliphatic rings. The molecule has 0 aromatic rings. The van der Waals surface area contributed by atoms with Crippen LogP contribution in [-0.4, -0.2) is 23.7 Å². The first-order valence-electron chi connectivity index (χ1n) is 5.00. The van der Waals surface area contributed by atoms with Crippen molar-refractivity contribution >= 4 is 11.9 Å². The summed E-state index contributed by atoms with van der Waals surface area (Å²) in [6, 6.07) is 0. The molecule has 0 amide bonds. The molecule has 0 aromatic carbocycles.